The highest BCUT2D eigenvalue weighted by Crippen LogP contribution is 2.15. The second-order valence-electron chi connectivity index (χ2n) is 2.46. The largest absolute Gasteiger partial charge is 0.310 e. The number of aryl methyl sites for hydroxylation is 1. The van der Waals surface area contributed by atoms with Crippen LogP contribution in [-0.4, -0.2) is 10.9 Å². The lowest BCUT2D eigenvalue weighted by molar-refractivity contribution is -0.114. The van der Waals surface area contributed by atoms with Crippen LogP contribution in [-0.2, 0) is 4.79 Å². The van der Waals surface area contributed by atoms with Crippen LogP contribution in [0.15, 0.2) is 12.1 Å². The summed E-state index contributed by atoms with van der Waals surface area (Å²) < 4.78 is 0.952. The first-order valence-electron chi connectivity index (χ1n) is 3.50. The van der Waals surface area contributed by atoms with E-state index in [1.165, 1.54) is 6.92 Å². The van der Waals surface area contributed by atoms with Crippen LogP contribution in [0.4, 0.5) is 5.82 Å². The average molecular weight is 276 g/mol. The van der Waals surface area contributed by atoms with Crippen LogP contribution in [0, 0.1) is 10.5 Å². The molecule has 0 aliphatic rings. The molecule has 1 rings (SSSR count). The van der Waals surface area contributed by atoms with Crippen LogP contribution in [0.2, 0.25) is 0 Å². The molecule has 1 aromatic rings. The van der Waals surface area contributed by atoms with Crippen molar-refractivity contribution in [2.75, 3.05) is 5.32 Å². The summed E-state index contributed by atoms with van der Waals surface area (Å²) in [6.45, 7) is 3.36. The molecule has 0 saturated carbocycles. The van der Waals surface area contributed by atoms with E-state index in [9.17, 15) is 4.79 Å². The van der Waals surface area contributed by atoms with Crippen LogP contribution in [0.1, 0.15) is 12.6 Å². The number of pyridine rings is 1. The lowest BCUT2D eigenvalue weighted by Gasteiger charge is -2.03. The van der Waals surface area contributed by atoms with Crippen LogP contribution >= 0.6 is 22.6 Å². The maximum atomic E-state index is 10.7. The Hall–Kier alpha value is -0.650. The number of nitrogens with zero attached hydrogens (tertiary/aromatic N) is 1. The summed E-state index contributed by atoms with van der Waals surface area (Å²) in [5.41, 5.74) is 0.902. The number of amides is 1. The van der Waals surface area contributed by atoms with E-state index in [1.54, 1.807) is 0 Å². The zero-order chi connectivity index (χ0) is 9.14. The quantitative estimate of drug-likeness (QED) is 0.796. The highest BCUT2D eigenvalue weighted by molar-refractivity contribution is 14.1. The molecule has 0 bridgehead atoms. The maximum absolute atomic E-state index is 10.7. The first-order valence-corrected chi connectivity index (χ1v) is 4.58. The standard InChI is InChI=1S/C8H9IN2O/c1-5-3-4-7(9)8(10-5)11-6(2)12/h3-4H,1-2H3,(H,10,11,12). The van der Waals surface area contributed by atoms with Gasteiger partial charge >= 0.3 is 0 Å². The molecule has 0 unspecified atom stereocenters. The smallest absolute Gasteiger partial charge is 0.222 e. The van der Waals surface area contributed by atoms with Crippen LogP contribution in [0.3, 0.4) is 0 Å². The molecule has 12 heavy (non-hydrogen) atoms. The number of hydrogen-bond donors (Lipinski definition) is 1. The van der Waals surface area contributed by atoms with Gasteiger partial charge in [0.25, 0.3) is 0 Å². The predicted molar refractivity (Wildman–Crippen MR) is 56.0 cm³/mol. The van der Waals surface area contributed by atoms with Gasteiger partial charge in [0, 0.05) is 12.6 Å². The Kier molecular flexibility index (Phi) is 3.02. The Labute approximate surface area is 84.7 Å². The van der Waals surface area contributed by atoms with E-state index in [0.29, 0.717) is 5.82 Å². The molecule has 0 aliphatic heterocycles. The Morgan fingerprint density at radius 3 is 2.83 bits per heavy atom. The molecular weight excluding hydrogens is 267 g/mol. The van der Waals surface area contributed by atoms with E-state index in [-0.39, 0.29) is 5.91 Å². The van der Waals surface area contributed by atoms with E-state index in [1.807, 2.05) is 19.1 Å². The summed E-state index contributed by atoms with van der Waals surface area (Å²) in [6, 6.07) is 3.83. The Morgan fingerprint density at radius 1 is 1.58 bits per heavy atom. The van der Waals surface area contributed by atoms with Gasteiger partial charge in [-0.2, -0.15) is 0 Å². The molecule has 1 N–H and O–H groups in total. The molecule has 0 atom stereocenters. The van der Waals surface area contributed by atoms with E-state index in [0.717, 1.165) is 9.26 Å². The van der Waals surface area contributed by atoms with Crippen molar-refractivity contribution in [3.05, 3.63) is 21.4 Å². The number of aromatic nitrogens is 1. The van der Waals surface area contributed by atoms with Crippen molar-refractivity contribution >= 4 is 34.3 Å². The predicted octanol–water partition coefficient (Wildman–Crippen LogP) is 1.95. The molecular formula is C8H9IN2O. The van der Waals surface area contributed by atoms with Crippen molar-refractivity contribution in [1.82, 2.24) is 4.98 Å². The lowest BCUT2D eigenvalue weighted by atomic mass is 10.4. The molecule has 1 heterocycles. The molecule has 0 aromatic carbocycles. The third-order valence-electron chi connectivity index (χ3n) is 1.28. The molecule has 4 heteroatoms. The van der Waals surface area contributed by atoms with Crippen molar-refractivity contribution in [3.8, 4) is 0 Å². The van der Waals surface area contributed by atoms with Crippen molar-refractivity contribution in [1.29, 1.82) is 0 Å². The van der Waals surface area contributed by atoms with E-state index >= 15 is 0 Å². The number of anilines is 1. The number of hydrogen-bond acceptors (Lipinski definition) is 2. The van der Waals surface area contributed by atoms with Gasteiger partial charge in [-0.3, -0.25) is 4.79 Å². The highest BCUT2D eigenvalue weighted by atomic mass is 127. The molecule has 0 fully saturated rings. The monoisotopic (exact) mass is 276 g/mol. The summed E-state index contributed by atoms with van der Waals surface area (Å²) >= 11 is 2.13. The molecule has 1 amide bonds. The molecule has 0 spiro atoms. The van der Waals surface area contributed by atoms with E-state index in [2.05, 4.69) is 32.9 Å². The minimum Gasteiger partial charge on any atom is -0.310 e. The van der Waals surface area contributed by atoms with Gasteiger partial charge in [0.2, 0.25) is 5.91 Å². The van der Waals surface area contributed by atoms with Crippen molar-refractivity contribution in [3.63, 3.8) is 0 Å². The zero-order valence-electron chi connectivity index (χ0n) is 6.89. The SMILES string of the molecule is CC(=O)Nc1nc(C)ccc1I. The molecule has 3 nitrogen and oxygen atoms in total. The lowest BCUT2D eigenvalue weighted by Crippen LogP contribution is -2.09. The fourth-order valence-corrected chi connectivity index (χ4v) is 1.23. The maximum Gasteiger partial charge on any atom is 0.222 e. The fourth-order valence-electron chi connectivity index (χ4n) is 0.794. The summed E-state index contributed by atoms with van der Waals surface area (Å²) in [6.07, 6.45) is 0. The van der Waals surface area contributed by atoms with Gasteiger partial charge in [-0.15, -0.1) is 0 Å². The minimum absolute atomic E-state index is 0.0917. The van der Waals surface area contributed by atoms with Crippen molar-refractivity contribution < 1.29 is 4.79 Å². The fraction of sp³-hybridized carbons (Fsp3) is 0.250. The second-order valence-corrected chi connectivity index (χ2v) is 3.63. The van der Waals surface area contributed by atoms with Gasteiger partial charge in [0.1, 0.15) is 5.82 Å². The van der Waals surface area contributed by atoms with E-state index < -0.39 is 0 Å². The summed E-state index contributed by atoms with van der Waals surface area (Å²) in [5.74, 6) is 0.550. The summed E-state index contributed by atoms with van der Waals surface area (Å²) in [4.78, 5) is 14.9. The molecule has 0 saturated heterocycles. The molecule has 64 valence electrons. The van der Waals surface area contributed by atoms with Crippen molar-refractivity contribution in [2.24, 2.45) is 0 Å². The van der Waals surface area contributed by atoms with Crippen LogP contribution < -0.4 is 5.32 Å². The second kappa shape index (κ2) is 3.84. The zero-order valence-corrected chi connectivity index (χ0v) is 9.05. The van der Waals surface area contributed by atoms with Gasteiger partial charge < -0.3 is 5.32 Å². The van der Waals surface area contributed by atoms with Gasteiger partial charge in [0.15, 0.2) is 0 Å². The number of carbonyl (C=O) groups is 1. The van der Waals surface area contributed by atoms with Crippen molar-refractivity contribution in [2.45, 2.75) is 13.8 Å². The van der Waals surface area contributed by atoms with E-state index in [4.69, 9.17) is 0 Å². The molecule has 1 aromatic heterocycles. The highest BCUT2D eigenvalue weighted by Gasteiger charge is 2.02. The Balaban J connectivity index is 2.97. The van der Waals surface area contributed by atoms with Crippen LogP contribution in [0.5, 0.6) is 0 Å². The van der Waals surface area contributed by atoms with Crippen LogP contribution in [0.25, 0.3) is 0 Å². The Morgan fingerprint density at radius 2 is 2.25 bits per heavy atom. The van der Waals surface area contributed by atoms with Gasteiger partial charge in [-0.05, 0) is 41.6 Å². The van der Waals surface area contributed by atoms with Gasteiger partial charge in [-0.1, -0.05) is 0 Å². The Bertz CT molecular complexity index is 312. The molecule has 0 radical (unpaired) electrons. The third-order valence-corrected chi connectivity index (χ3v) is 2.15. The third kappa shape index (κ3) is 2.44. The number of nitrogens with one attached hydrogen (secondary N) is 1. The normalized spacial score (nSPS) is 9.58. The summed E-state index contributed by atoms with van der Waals surface area (Å²) in [5, 5.41) is 2.66. The first kappa shape index (κ1) is 9.44. The molecule has 0 aliphatic carbocycles. The number of halogens is 1. The first-order chi connectivity index (χ1) is 5.59. The topological polar surface area (TPSA) is 42.0 Å². The summed E-state index contributed by atoms with van der Waals surface area (Å²) in [7, 11) is 0. The number of rotatable bonds is 1. The number of carbonyl (C=O) groups excluding carboxylic acids is 1. The minimum atomic E-state index is -0.0917. The van der Waals surface area contributed by atoms with Gasteiger partial charge in [-0.25, -0.2) is 4.98 Å². The average Bonchev–Trinajstić information content (AvgIpc) is 1.96. The van der Waals surface area contributed by atoms with Gasteiger partial charge in [0.05, 0.1) is 3.57 Å².